The van der Waals surface area contributed by atoms with E-state index in [4.69, 9.17) is 5.73 Å². The molecule has 1 saturated carbocycles. The first kappa shape index (κ1) is 9.21. The molecule has 0 spiro atoms. The van der Waals surface area contributed by atoms with Crippen LogP contribution in [0.2, 0.25) is 0 Å². The number of rotatable bonds is 3. The molecule has 0 aromatic heterocycles. The number of aliphatic carboxylic acids is 1. The summed E-state index contributed by atoms with van der Waals surface area (Å²) in [6.07, 6.45) is 0.669. The maximum absolute atomic E-state index is 11.2. The number of carboxylic acid groups (broad SMARTS) is 1. The van der Waals surface area contributed by atoms with Gasteiger partial charge in [-0.3, -0.25) is 4.79 Å². The quantitative estimate of drug-likeness (QED) is 0.748. The summed E-state index contributed by atoms with van der Waals surface area (Å²) in [7, 11) is 0. The second-order valence-corrected chi connectivity index (χ2v) is 3.78. The van der Waals surface area contributed by atoms with Gasteiger partial charge in [-0.05, 0) is 24.4 Å². The third kappa shape index (κ3) is 1.13. The number of hydrogen-bond donors (Lipinski definition) is 2. The van der Waals surface area contributed by atoms with Gasteiger partial charge in [0.15, 0.2) is 0 Å². The van der Waals surface area contributed by atoms with E-state index in [1.807, 2.05) is 30.3 Å². The molecule has 2 rings (SSSR count). The molecule has 1 fully saturated rings. The second kappa shape index (κ2) is 3.10. The normalized spacial score (nSPS) is 29.9. The zero-order chi connectivity index (χ0) is 10.2. The summed E-state index contributed by atoms with van der Waals surface area (Å²) in [5.74, 6) is -0.651. The van der Waals surface area contributed by atoms with Crippen LogP contribution in [0.25, 0.3) is 0 Å². The minimum Gasteiger partial charge on any atom is -0.481 e. The fourth-order valence-corrected chi connectivity index (χ4v) is 2.09. The van der Waals surface area contributed by atoms with Crippen LogP contribution in [-0.2, 0) is 10.2 Å². The van der Waals surface area contributed by atoms with Gasteiger partial charge in [-0.15, -0.1) is 0 Å². The molecule has 0 heterocycles. The summed E-state index contributed by atoms with van der Waals surface area (Å²) < 4.78 is 0. The van der Waals surface area contributed by atoms with E-state index < -0.39 is 11.4 Å². The molecule has 3 heteroatoms. The molecule has 0 bridgehead atoms. The van der Waals surface area contributed by atoms with Gasteiger partial charge in [-0.1, -0.05) is 30.3 Å². The molecule has 0 amide bonds. The topological polar surface area (TPSA) is 63.3 Å². The SMILES string of the molecule is NC[C@@H]1C[C@]1(C(=O)O)c1ccccc1. The molecule has 0 unspecified atom stereocenters. The van der Waals surface area contributed by atoms with E-state index in [-0.39, 0.29) is 5.92 Å². The Morgan fingerprint density at radius 3 is 2.57 bits per heavy atom. The summed E-state index contributed by atoms with van der Waals surface area (Å²) >= 11 is 0. The molecule has 1 aliphatic carbocycles. The van der Waals surface area contributed by atoms with Gasteiger partial charge in [0.05, 0.1) is 5.41 Å². The predicted molar refractivity (Wildman–Crippen MR) is 52.9 cm³/mol. The molecule has 74 valence electrons. The molecular weight excluding hydrogens is 178 g/mol. The molecule has 1 aromatic rings. The molecule has 0 aliphatic heterocycles. The molecule has 1 aliphatic rings. The smallest absolute Gasteiger partial charge is 0.314 e. The lowest BCUT2D eigenvalue weighted by molar-refractivity contribution is -0.140. The average Bonchev–Trinajstić information content (AvgIpc) is 2.94. The van der Waals surface area contributed by atoms with Gasteiger partial charge >= 0.3 is 5.97 Å². The highest BCUT2D eigenvalue weighted by Crippen LogP contribution is 2.53. The van der Waals surface area contributed by atoms with Crippen molar-refractivity contribution in [2.75, 3.05) is 6.54 Å². The first-order chi connectivity index (χ1) is 6.71. The van der Waals surface area contributed by atoms with Gasteiger partial charge in [0, 0.05) is 0 Å². The molecule has 1 aromatic carbocycles. The molecule has 0 radical (unpaired) electrons. The molecule has 3 nitrogen and oxygen atoms in total. The van der Waals surface area contributed by atoms with Crippen LogP contribution < -0.4 is 5.73 Å². The van der Waals surface area contributed by atoms with Gasteiger partial charge in [-0.2, -0.15) is 0 Å². The number of carboxylic acids is 1. The van der Waals surface area contributed by atoms with Crippen LogP contribution in [0.15, 0.2) is 30.3 Å². The van der Waals surface area contributed by atoms with Crippen molar-refractivity contribution >= 4 is 5.97 Å². The van der Waals surface area contributed by atoms with E-state index in [2.05, 4.69) is 0 Å². The molecule has 14 heavy (non-hydrogen) atoms. The van der Waals surface area contributed by atoms with Crippen LogP contribution in [0.1, 0.15) is 12.0 Å². The van der Waals surface area contributed by atoms with Crippen molar-refractivity contribution in [2.24, 2.45) is 11.7 Å². The maximum Gasteiger partial charge on any atom is 0.314 e. The summed E-state index contributed by atoms with van der Waals surface area (Å²) in [6.45, 7) is 0.446. The first-order valence-corrected chi connectivity index (χ1v) is 4.71. The van der Waals surface area contributed by atoms with Gasteiger partial charge in [0.1, 0.15) is 0 Å². The Morgan fingerprint density at radius 2 is 2.14 bits per heavy atom. The first-order valence-electron chi connectivity index (χ1n) is 4.71. The minimum atomic E-state index is -0.751. The van der Waals surface area contributed by atoms with Crippen molar-refractivity contribution in [3.05, 3.63) is 35.9 Å². The number of benzene rings is 1. The highest BCUT2D eigenvalue weighted by atomic mass is 16.4. The summed E-state index contributed by atoms with van der Waals surface area (Å²) in [5, 5.41) is 9.20. The van der Waals surface area contributed by atoms with Crippen LogP contribution in [0, 0.1) is 5.92 Å². The number of nitrogens with two attached hydrogens (primary N) is 1. The highest BCUT2D eigenvalue weighted by Gasteiger charge is 2.60. The minimum absolute atomic E-state index is 0.0994. The lowest BCUT2D eigenvalue weighted by atomic mass is 9.93. The standard InChI is InChI=1S/C11H13NO2/c12-7-9-6-11(9,10(13)14)8-4-2-1-3-5-8/h1-5,9H,6-7,12H2,(H,13,14)/t9-,11-/m0/s1. The van der Waals surface area contributed by atoms with Crippen molar-refractivity contribution < 1.29 is 9.90 Å². The van der Waals surface area contributed by atoms with E-state index in [0.29, 0.717) is 13.0 Å². The summed E-state index contributed by atoms with van der Waals surface area (Å²) in [6, 6.07) is 9.35. The Bertz CT molecular complexity index is 350. The largest absolute Gasteiger partial charge is 0.481 e. The van der Waals surface area contributed by atoms with E-state index in [0.717, 1.165) is 5.56 Å². The third-order valence-corrected chi connectivity index (χ3v) is 3.06. The molecular formula is C11H13NO2. The van der Waals surface area contributed by atoms with E-state index in [1.165, 1.54) is 0 Å². The zero-order valence-corrected chi connectivity index (χ0v) is 7.81. The Labute approximate surface area is 82.5 Å². The van der Waals surface area contributed by atoms with Crippen LogP contribution >= 0.6 is 0 Å². The van der Waals surface area contributed by atoms with E-state index in [9.17, 15) is 9.90 Å². The maximum atomic E-state index is 11.2. The lowest BCUT2D eigenvalue weighted by Gasteiger charge is -2.11. The molecule has 3 N–H and O–H groups in total. The van der Waals surface area contributed by atoms with Crippen molar-refractivity contribution in [1.29, 1.82) is 0 Å². The van der Waals surface area contributed by atoms with Crippen LogP contribution in [0.5, 0.6) is 0 Å². The Hall–Kier alpha value is -1.35. The molecule has 2 atom stereocenters. The van der Waals surface area contributed by atoms with Gasteiger partial charge in [-0.25, -0.2) is 0 Å². The van der Waals surface area contributed by atoms with Crippen molar-refractivity contribution in [3.63, 3.8) is 0 Å². The van der Waals surface area contributed by atoms with Crippen molar-refractivity contribution in [3.8, 4) is 0 Å². The fraction of sp³-hybridized carbons (Fsp3) is 0.364. The third-order valence-electron chi connectivity index (χ3n) is 3.06. The van der Waals surface area contributed by atoms with Gasteiger partial charge in [0.2, 0.25) is 0 Å². The average molecular weight is 191 g/mol. The van der Waals surface area contributed by atoms with Crippen LogP contribution in [0.4, 0.5) is 0 Å². The lowest BCUT2D eigenvalue weighted by Crippen LogP contribution is -2.25. The van der Waals surface area contributed by atoms with Gasteiger partial charge < -0.3 is 10.8 Å². The summed E-state index contributed by atoms with van der Waals surface area (Å²) in [5.41, 5.74) is 5.70. The predicted octanol–water partition coefficient (Wildman–Crippen LogP) is 0.988. The van der Waals surface area contributed by atoms with E-state index in [1.54, 1.807) is 0 Å². The number of hydrogen-bond acceptors (Lipinski definition) is 2. The Morgan fingerprint density at radius 1 is 1.50 bits per heavy atom. The Kier molecular flexibility index (Phi) is 2.04. The number of carbonyl (C=O) groups is 1. The second-order valence-electron chi connectivity index (χ2n) is 3.78. The summed E-state index contributed by atoms with van der Waals surface area (Å²) in [4.78, 5) is 11.2. The van der Waals surface area contributed by atoms with Crippen LogP contribution in [-0.4, -0.2) is 17.6 Å². The highest BCUT2D eigenvalue weighted by molar-refractivity contribution is 5.85. The monoisotopic (exact) mass is 191 g/mol. The fourth-order valence-electron chi connectivity index (χ4n) is 2.09. The van der Waals surface area contributed by atoms with Crippen LogP contribution in [0.3, 0.4) is 0 Å². The van der Waals surface area contributed by atoms with Crippen molar-refractivity contribution in [2.45, 2.75) is 11.8 Å². The van der Waals surface area contributed by atoms with E-state index >= 15 is 0 Å². The Balaban J connectivity index is 2.36. The molecule has 0 saturated heterocycles. The zero-order valence-electron chi connectivity index (χ0n) is 7.81. The van der Waals surface area contributed by atoms with Gasteiger partial charge in [0.25, 0.3) is 0 Å². The van der Waals surface area contributed by atoms with Crippen molar-refractivity contribution in [1.82, 2.24) is 0 Å².